The third-order valence-corrected chi connectivity index (χ3v) is 4.87. The molecule has 2 aromatic carbocycles. The molecule has 172 valence electrons. The fraction of sp³-hybridized carbons (Fsp3) is 0.533. The van der Waals surface area contributed by atoms with Crippen LogP contribution < -0.4 is 0 Å². The lowest BCUT2D eigenvalue weighted by molar-refractivity contribution is 0.348. The predicted octanol–water partition coefficient (Wildman–Crippen LogP) is 10.1. The van der Waals surface area contributed by atoms with Crippen LogP contribution in [0.1, 0.15) is 96.6 Å². The van der Waals surface area contributed by atoms with Crippen LogP contribution >= 0.6 is 0 Å². The van der Waals surface area contributed by atoms with E-state index < -0.39 is 0 Å². The quantitative estimate of drug-likeness (QED) is 0.438. The zero-order valence-corrected chi connectivity index (χ0v) is 22.4. The number of aryl methyl sites for hydroxylation is 3. The topological polar surface area (TPSA) is 0 Å². The molecule has 30 heavy (non-hydrogen) atoms. The first-order valence-electron chi connectivity index (χ1n) is 11.9. The average Bonchev–Trinajstić information content (AvgIpc) is 2.76. The minimum Gasteiger partial charge on any atom is -0.103 e. The number of hydrogen-bond acceptors (Lipinski definition) is 0. The highest BCUT2D eigenvalue weighted by molar-refractivity contribution is 5.33. The molecule has 0 unspecified atom stereocenters. The second-order valence-electron chi connectivity index (χ2n) is 7.80. The molecule has 0 radical (unpaired) electrons. The van der Waals surface area contributed by atoms with Crippen LogP contribution in [0.2, 0.25) is 0 Å². The van der Waals surface area contributed by atoms with E-state index in [0.717, 1.165) is 6.42 Å². The summed E-state index contributed by atoms with van der Waals surface area (Å²) in [6.07, 6.45) is 5.32. The Hall–Kier alpha value is -1.82. The van der Waals surface area contributed by atoms with Crippen molar-refractivity contribution in [2.45, 2.75) is 102 Å². The predicted molar refractivity (Wildman–Crippen MR) is 143 cm³/mol. The SMILES string of the molecule is C=CC.CC.CC.CCC(C)(C)Cc1cccc(C)c1C.CCc1ccc(C)cc1. The van der Waals surface area contributed by atoms with E-state index in [9.17, 15) is 0 Å². The van der Waals surface area contributed by atoms with E-state index in [1.54, 1.807) is 6.08 Å². The Morgan fingerprint density at radius 2 is 1.30 bits per heavy atom. The van der Waals surface area contributed by atoms with Gasteiger partial charge < -0.3 is 0 Å². The van der Waals surface area contributed by atoms with E-state index >= 15 is 0 Å². The second-order valence-corrected chi connectivity index (χ2v) is 7.80. The smallest absolute Gasteiger partial charge is 0.0225 e. The molecule has 0 saturated carbocycles. The Bertz CT molecular complexity index is 630. The fourth-order valence-electron chi connectivity index (χ4n) is 2.47. The number of benzene rings is 2. The molecule has 0 heteroatoms. The normalized spacial score (nSPS) is 9.20. The lowest BCUT2D eigenvalue weighted by atomic mass is 9.82. The maximum Gasteiger partial charge on any atom is -0.0225 e. The van der Waals surface area contributed by atoms with Crippen LogP contribution in [-0.4, -0.2) is 0 Å². The highest BCUT2D eigenvalue weighted by Gasteiger charge is 2.16. The lowest BCUT2D eigenvalue weighted by Crippen LogP contribution is -2.14. The minimum atomic E-state index is 0.429. The molecule has 0 spiro atoms. The van der Waals surface area contributed by atoms with Crippen molar-refractivity contribution in [1.29, 1.82) is 0 Å². The third kappa shape index (κ3) is 16.0. The number of rotatable bonds is 4. The molecule has 0 aliphatic rings. The van der Waals surface area contributed by atoms with Crippen molar-refractivity contribution in [3.63, 3.8) is 0 Å². The third-order valence-electron chi connectivity index (χ3n) is 4.87. The Labute approximate surface area is 190 Å². The van der Waals surface area contributed by atoms with Crippen molar-refractivity contribution >= 4 is 0 Å². The van der Waals surface area contributed by atoms with Gasteiger partial charge in [0.15, 0.2) is 0 Å². The monoisotopic (exact) mass is 412 g/mol. The van der Waals surface area contributed by atoms with Gasteiger partial charge in [0.2, 0.25) is 0 Å². The van der Waals surface area contributed by atoms with Gasteiger partial charge in [0, 0.05) is 0 Å². The molecule has 0 fully saturated rings. The summed E-state index contributed by atoms with van der Waals surface area (Å²) in [5.41, 5.74) is 7.58. The minimum absolute atomic E-state index is 0.429. The molecule has 0 amide bonds. The molecular formula is C30H52. The Balaban J connectivity index is -0.000000391. The van der Waals surface area contributed by atoms with Gasteiger partial charge in [-0.05, 0) is 68.2 Å². The van der Waals surface area contributed by atoms with Gasteiger partial charge in [-0.15, -0.1) is 6.58 Å². The summed E-state index contributed by atoms with van der Waals surface area (Å²) in [5, 5.41) is 0. The van der Waals surface area contributed by atoms with Crippen LogP contribution in [0.5, 0.6) is 0 Å². The average molecular weight is 413 g/mol. The molecular weight excluding hydrogens is 360 g/mol. The summed E-state index contributed by atoms with van der Waals surface area (Å²) in [6, 6.07) is 15.3. The van der Waals surface area contributed by atoms with Gasteiger partial charge in [-0.2, -0.15) is 0 Å². The van der Waals surface area contributed by atoms with Crippen LogP contribution in [0.3, 0.4) is 0 Å². The summed E-state index contributed by atoms with van der Waals surface area (Å²) in [4.78, 5) is 0. The first-order chi connectivity index (χ1) is 14.2. The van der Waals surface area contributed by atoms with Gasteiger partial charge in [-0.25, -0.2) is 0 Å². The van der Waals surface area contributed by atoms with E-state index in [1.165, 1.54) is 40.7 Å². The molecule has 0 aliphatic heterocycles. The molecule has 0 atom stereocenters. The first-order valence-corrected chi connectivity index (χ1v) is 11.9. The van der Waals surface area contributed by atoms with Crippen molar-refractivity contribution < 1.29 is 0 Å². The Kier molecular flexibility index (Phi) is 22.4. The molecule has 0 nitrogen and oxygen atoms in total. The van der Waals surface area contributed by atoms with Crippen molar-refractivity contribution in [1.82, 2.24) is 0 Å². The first kappa shape index (κ1) is 32.8. The maximum absolute atomic E-state index is 3.36. The van der Waals surface area contributed by atoms with Gasteiger partial charge >= 0.3 is 0 Å². The van der Waals surface area contributed by atoms with E-state index in [-0.39, 0.29) is 0 Å². The summed E-state index contributed by atoms with van der Waals surface area (Å²) in [6.45, 7) is 28.9. The number of hydrogen-bond donors (Lipinski definition) is 0. The standard InChI is InChI=1S/C14H22.C9H12.C3H6.2C2H6/c1-6-14(4,5)10-13-9-7-8-11(2)12(13)3;1-3-9-6-4-8(2)5-7-9;1-3-2;2*1-2/h7-9H,6,10H2,1-5H3;4-7H,3H2,1-2H3;3H,1H2,2H3;2*1-2H3. The molecule has 0 bridgehead atoms. The van der Waals surface area contributed by atoms with Gasteiger partial charge in [0.05, 0.1) is 0 Å². The molecule has 0 heterocycles. The molecule has 2 aromatic rings. The summed E-state index contributed by atoms with van der Waals surface area (Å²) >= 11 is 0. The summed E-state index contributed by atoms with van der Waals surface area (Å²) < 4.78 is 0. The van der Waals surface area contributed by atoms with Gasteiger partial charge in [0.25, 0.3) is 0 Å². The van der Waals surface area contributed by atoms with Crippen molar-refractivity contribution in [3.8, 4) is 0 Å². The lowest BCUT2D eigenvalue weighted by Gasteiger charge is -2.24. The Morgan fingerprint density at radius 1 is 0.833 bits per heavy atom. The van der Waals surface area contributed by atoms with Crippen molar-refractivity contribution in [3.05, 3.63) is 82.9 Å². The van der Waals surface area contributed by atoms with Crippen molar-refractivity contribution in [2.24, 2.45) is 5.41 Å². The number of allylic oxidation sites excluding steroid dienone is 1. The summed E-state index contributed by atoms with van der Waals surface area (Å²) in [5.74, 6) is 0. The molecule has 2 rings (SSSR count). The zero-order valence-electron chi connectivity index (χ0n) is 22.4. The van der Waals surface area contributed by atoms with Crippen LogP contribution in [0.4, 0.5) is 0 Å². The van der Waals surface area contributed by atoms with Gasteiger partial charge in [-0.1, -0.05) is 116 Å². The highest BCUT2D eigenvalue weighted by Crippen LogP contribution is 2.27. The largest absolute Gasteiger partial charge is 0.103 e. The van der Waals surface area contributed by atoms with Crippen LogP contribution in [-0.2, 0) is 12.8 Å². The fourth-order valence-corrected chi connectivity index (χ4v) is 2.47. The van der Waals surface area contributed by atoms with Crippen LogP contribution in [0.15, 0.2) is 55.1 Å². The highest BCUT2D eigenvalue weighted by atomic mass is 14.2. The van der Waals surface area contributed by atoms with Crippen molar-refractivity contribution in [2.75, 3.05) is 0 Å². The molecule has 0 aliphatic carbocycles. The van der Waals surface area contributed by atoms with E-state index in [1.807, 2.05) is 34.6 Å². The van der Waals surface area contributed by atoms with Crippen LogP contribution in [0.25, 0.3) is 0 Å². The summed E-state index contributed by atoms with van der Waals surface area (Å²) in [7, 11) is 0. The molecule has 0 aromatic heterocycles. The van der Waals surface area contributed by atoms with E-state index in [2.05, 4.69) is 97.5 Å². The molecule has 0 saturated heterocycles. The van der Waals surface area contributed by atoms with E-state index in [4.69, 9.17) is 0 Å². The van der Waals surface area contributed by atoms with Crippen LogP contribution in [0, 0.1) is 26.2 Å². The van der Waals surface area contributed by atoms with Gasteiger partial charge in [-0.3, -0.25) is 0 Å². The van der Waals surface area contributed by atoms with Gasteiger partial charge in [0.1, 0.15) is 0 Å². The molecule has 0 N–H and O–H groups in total. The Morgan fingerprint density at radius 3 is 1.70 bits per heavy atom. The second kappa shape index (κ2) is 20.5. The zero-order chi connectivity index (χ0) is 24.2. The van der Waals surface area contributed by atoms with E-state index in [0.29, 0.717) is 5.41 Å². The maximum atomic E-state index is 3.36.